The molecule has 0 saturated heterocycles. The highest BCUT2D eigenvalue weighted by molar-refractivity contribution is 7.14. The SMILES string of the molecule is CCOC(=O)Cc1csc(NC(=O)/C=C/c2cccc(F)c2)n1. The van der Waals surface area contributed by atoms with E-state index in [9.17, 15) is 14.0 Å². The Kier molecular flexibility index (Phi) is 5.99. The number of aromatic nitrogens is 1. The molecule has 0 saturated carbocycles. The van der Waals surface area contributed by atoms with Gasteiger partial charge in [-0.3, -0.25) is 14.9 Å². The van der Waals surface area contributed by atoms with Gasteiger partial charge in [0.25, 0.3) is 0 Å². The molecule has 0 spiro atoms. The average Bonchev–Trinajstić information content (AvgIpc) is 2.92. The maximum atomic E-state index is 13.0. The zero-order valence-corrected chi connectivity index (χ0v) is 13.2. The lowest BCUT2D eigenvalue weighted by atomic mass is 10.2. The molecule has 1 heterocycles. The van der Waals surface area contributed by atoms with Gasteiger partial charge in [0.2, 0.25) is 5.91 Å². The second-order valence-electron chi connectivity index (χ2n) is 4.50. The number of esters is 1. The monoisotopic (exact) mass is 334 g/mol. The molecule has 23 heavy (non-hydrogen) atoms. The molecule has 120 valence electrons. The van der Waals surface area contributed by atoms with Gasteiger partial charge in [-0.1, -0.05) is 12.1 Å². The molecule has 0 radical (unpaired) electrons. The summed E-state index contributed by atoms with van der Waals surface area (Å²) in [7, 11) is 0. The third-order valence-corrected chi connectivity index (χ3v) is 3.50. The van der Waals surface area contributed by atoms with Crippen LogP contribution < -0.4 is 5.32 Å². The predicted octanol–water partition coefficient (Wildman–Crippen LogP) is 3.04. The molecule has 0 atom stereocenters. The highest BCUT2D eigenvalue weighted by Gasteiger charge is 2.09. The Balaban J connectivity index is 1.90. The van der Waals surface area contributed by atoms with Crippen molar-refractivity contribution in [1.29, 1.82) is 0 Å². The number of nitrogens with zero attached hydrogens (tertiary/aromatic N) is 1. The van der Waals surface area contributed by atoms with Crippen LogP contribution in [0.2, 0.25) is 0 Å². The molecule has 0 unspecified atom stereocenters. The van der Waals surface area contributed by atoms with Gasteiger partial charge in [-0.15, -0.1) is 11.3 Å². The van der Waals surface area contributed by atoms with E-state index in [2.05, 4.69) is 10.3 Å². The van der Waals surface area contributed by atoms with Gasteiger partial charge in [0.05, 0.1) is 18.7 Å². The van der Waals surface area contributed by atoms with Gasteiger partial charge in [-0.2, -0.15) is 0 Å². The van der Waals surface area contributed by atoms with Crippen molar-refractivity contribution in [2.24, 2.45) is 0 Å². The summed E-state index contributed by atoms with van der Waals surface area (Å²) in [5.74, 6) is -1.11. The summed E-state index contributed by atoms with van der Waals surface area (Å²) in [6.07, 6.45) is 2.87. The Morgan fingerprint density at radius 1 is 1.43 bits per heavy atom. The first-order chi connectivity index (χ1) is 11.1. The van der Waals surface area contributed by atoms with Crippen LogP contribution in [-0.4, -0.2) is 23.5 Å². The number of amides is 1. The van der Waals surface area contributed by atoms with Gasteiger partial charge in [-0.05, 0) is 30.7 Å². The first-order valence-electron chi connectivity index (χ1n) is 6.91. The number of hydrogen-bond donors (Lipinski definition) is 1. The van der Waals surface area contributed by atoms with Gasteiger partial charge < -0.3 is 4.74 Å². The van der Waals surface area contributed by atoms with Crippen LogP contribution in [0.15, 0.2) is 35.7 Å². The number of nitrogens with one attached hydrogen (secondary N) is 1. The number of hydrogen-bond acceptors (Lipinski definition) is 5. The summed E-state index contributed by atoms with van der Waals surface area (Å²) < 4.78 is 17.8. The van der Waals surface area contributed by atoms with Crippen molar-refractivity contribution in [3.8, 4) is 0 Å². The van der Waals surface area contributed by atoms with E-state index in [0.29, 0.717) is 23.0 Å². The first-order valence-corrected chi connectivity index (χ1v) is 7.79. The molecule has 5 nitrogen and oxygen atoms in total. The fourth-order valence-electron chi connectivity index (χ4n) is 1.73. The summed E-state index contributed by atoms with van der Waals surface area (Å²) >= 11 is 1.22. The molecule has 1 amide bonds. The van der Waals surface area contributed by atoms with E-state index in [1.54, 1.807) is 24.4 Å². The van der Waals surface area contributed by atoms with Crippen LogP contribution in [0, 0.1) is 5.82 Å². The Morgan fingerprint density at radius 2 is 2.26 bits per heavy atom. The molecule has 0 bridgehead atoms. The van der Waals surface area contributed by atoms with Gasteiger partial charge in [0.15, 0.2) is 5.13 Å². The number of carbonyl (C=O) groups is 2. The van der Waals surface area contributed by atoms with Crippen molar-refractivity contribution >= 4 is 34.4 Å². The molecule has 1 aromatic heterocycles. The Hall–Kier alpha value is -2.54. The predicted molar refractivity (Wildman–Crippen MR) is 86.5 cm³/mol. The van der Waals surface area contributed by atoms with E-state index in [1.807, 2.05) is 0 Å². The fourth-order valence-corrected chi connectivity index (χ4v) is 2.45. The topological polar surface area (TPSA) is 68.3 Å². The number of carbonyl (C=O) groups excluding carboxylic acids is 2. The van der Waals surface area contributed by atoms with Gasteiger partial charge in [-0.25, -0.2) is 9.37 Å². The second kappa shape index (κ2) is 8.19. The van der Waals surface area contributed by atoms with Crippen molar-refractivity contribution in [1.82, 2.24) is 4.98 Å². The molecule has 2 aromatic rings. The molecule has 0 aliphatic heterocycles. The van der Waals surface area contributed by atoms with E-state index >= 15 is 0 Å². The first kappa shape index (κ1) is 16.8. The van der Waals surface area contributed by atoms with Crippen molar-refractivity contribution in [3.63, 3.8) is 0 Å². The van der Waals surface area contributed by atoms with Crippen LogP contribution in [-0.2, 0) is 20.7 Å². The van der Waals surface area contributed by atoms with Crippen LogP contribution in [0.25, 0.3) is 6.08 Å². The molecule has 0 aliphatic carbocycles. The standard InChI is InChI=1S/C16H15FN2O3S/c1-2-22-15(21)9-13-10-23-16(18-13)19-14(20)7-6-11-4-3-5-12(17)8-11/h3-8,10H,2,9H2,1H3,(H,18,19,20)/b7-6+. The molecule has 0 aliphatic rings. The number of benzene rings is 1. The van der Waals surface area contributed by atoms with Gasteiger partial charge >= 0.3 is 5.97 Å². The number of halogens is 1. The molecule has 1 N–H and O–H groups in total. The zero-order chi connectivity index (χ0) is 16.7. The molecular formula is C16H15FN2O3S. The third-order valence-electron chi connectivity index (χ3n) is 2.69. The fraction of sp³-hybridized carbons (Fsp3) is 0.188. The molecule has 7 heteroatoms. The third kappa shape index (κ3) is 5.63. The van der Waals surface area contributed by atoms with Crippen LogP contribution in [0.3, 0.4) is 0 Å². The average molecular weight is 334 g/mol. The Bertz CT molecular complexity index is 728. The molecule has 0 fully saturated rings. The maximum Gasteiger partial charge on any atom is 0.311 e. The van der Waals surface area contributed by atoms with E-state index in [-0.39, 0.29) is 24.1 Å². The highest BCUT2D eigenvalue weighted by atomic mass is 32.1. The van der Waals surface area contributed by atoms with Crippen molar-refractivity contribution < 1.29 is 18.7 Å². The van der Waals surface area contributed by atoms with Crippen LogP contribution >= 0.6 is 11.3 Å². The summed E-state index contributed by atoms with van der Waals surface area (Å²) in [6, 6.07) is 5.91. The molecule has 2 rings (SSSR count). The molecule has 1 aromatic carbocycles. The van der Waals surface area contributed by atoms with Crippen molar-refractivity contribution in [2.75, 3.05) is 11.9 Å². The number of ether oxygens (including phenoxy) is 1. The van der Waals surface area contributed by atoms with Crippen LogP contribution in [0.4, 0.5) is 9.52 Å². The smallest absolute Gasteiger partial charge is 0.311 e. The molecular weight excluding hydrogens is 319 g/mol. The van der Waals surface area contributed by atoms with Gasteiger partial charge in [0, 0.05) is 11.5 Å². The minimum absolute atomic E-state index is 0.0688. The lowest BCUT2D eigenvalue weighted by Gasteiger charge is -1.98. The minimum atomic E-state index is -0.383. The number of thiazole rings is 1. The Labute approximate surface area is 136 Å². The minimum Gasteiger partial charge on any atom is -0.466 e. The van der Waals surface area contributed by atoms with E-state index in [4.69, 9.17) is 4.74 Å². The van der Waals surface area contributed by atoms with Crippen LogP contribution in [0.5, 0.6) is 0 Å². The lowest BCUT2D eigenvalue weighted by molar-refractivity contribution is -0.142. The second-order valence-corrected chi connectivity index (χ2v) is 5.36. The summed E-state index contributed by atoms with van der Waals surface area (Å²) in [5, 5.41) is 4.66. The van der Waals surface area contributed by atoms with Crippen molar-refractivity contribution in [2.45, 2.75) is 13.3 Å². The number of rotatable bonds is 6. The van der Waals surface area contributed by atoms with E-state index in [0.717, 1.165) is 0 Å². The largest absolute Gasteiger partial charge is 0.466 e. The summed E-state index contributed by atoms with van der Waals surface area (Å²) in [6.45, 7) is 2.05. The number of anilines is 1. The van der Waals surface area contributed by atoms with Crippen molar-refractivity contribution in [3.05, 3.63) is 52.8 Å². The highest BCUT2D eigenvalue weighted by Crippen LogP contribution is 2.16. The van der Waals surface area contributed by atoms with E-state index < -0.39 is 0 Å². The van der Waals surface area contributed by atoms with Crippen LogP contribution in [0.1, 0.15) is 18.2 Å². The lowest BCUT2D eigenvalue weighted by Crippen LogP contribution is -2.09. The summed E-state index contributed by atoms with van der Waals surface area (Å²) in [4.78, 5) is 27.3. The van der Waals surface area contributed by atoms with Gasteiger partial charge in [0.1, 0.15) is 5.82 Å². The zero-order valence-electron chi connectivity index (χ0n) is 12.4. The summed E-state index contributed by atoms with van der Waals surface area (Å²) in [5.41, 5.74) is 1.13. The normalized spacial score (nSPS) is 10.7. The maximum absolute atomic E-state index is 13.0. The quantitative estimate of drug-likeness (QED) is 0.651. The Morgan fingerprint density at radius 3 is 3.00 bits per heavy atom. The van der Waals surface area contributed by atoms with E-state index in [1.165, 1.54) is 35.6 Å².